The van der Waals surface area contributed by atoms with Crippen molar-refractivity contribution in [3.8, 4) is 0 Å². The van der Waals surface area contributed by atoms with Gasteiger partial charge < -0.3 is 10.1 Å². The predicted octanol–water partition coefficient (Wildman–Crippen LogP) is 3.62. The molecule has 0 spiro atoms. The molecule has 0 fully saturated rings. The Morgan fingerprint density at radius 3 is 2.55 bits per heavy atom. The van der Waals surface area contributed by atoms with Gasteiger partial charge in [0.05, 0.1) is 16.8 Å². The summed E-state index contributed by atoms with van der Waals surface area (Å²) in [5.41, 5.74) is 0.903. The fourth-order valence-corrected chi connectivity index (χ4v) is 2.40. The number of nitrogens with one attached hydrogen (secondary N) is 1. The topological polar surface area (TPSA) is 47.0 Å². The van der Waals surface area contributed by atoms with Crippen LogP contribution in [-0.2, 0) is 11.2 Å². The Hall–Kier alpha value is -0.820. The predicted molar refractivity (Wildman–Crippen MR) is 78.5 cm³/mol. The number of halogens is 3. The third-order valence-corrected chi connectivity index (χ3v) is 3.31. The minimum Gasteiger partial charge on any atom is -0.375 e. The van der Waals surface area contributed by atoms with E-state index in [0.29, 0.717) is 12.2 Å². The van der Waals surface area contributed by atoms with Gasteiger partial charge in [-0.15, -0.1) is 0 Å². The van der Waals surface area contributed by atoms with Gasteiger partial charge in [0.25, 0.3) is 6.43 Å². The van der Waals surface area contributed by atoms with Crippen LogP contribution in [0.4, 0.5) is 14.6 Å². The molecule has 0 radical (unpaired) electrons. The highest BCUT2D eigenvalue weighted by Gasteiger charge is 2.14. The zero-order chi connectivity index (χ0) is 15.1. The van der Waals surface area contributed by atoms with Gasteiger partial charge in [-0.1, -0.05) is 13.8 Å². The average molecular weight is 352 g/mol. The lowest BCUT2D eigenvalue weighted by atomic mass is 10.1. The van der Waals surface area contributed by atoms with Gasteiger partial charge in [-0.2, -0.15) is 0 Å². The molecule has 0 bridgehead atoms. The first-order valence-electron chi connectivity index (χ1n) is 6.61. The van der Waals surface area contributed by atoms with Crippen LogP contribution in [0.2, 0.25) is 0 Å². The van der Waals surface area contributed by atoms with Crippen molar-refractivity contribution in [1.29, 1.82) is 0 Å². The van der Waals surface area contributed by atoms with E-state index in [1.54, 1.807) is 0 Å². The number of alkyl halides is 2. The molecule has 0 unspecified atom stereocenters. The lowest BCUT2D eigenvalue weighted by molar-refractivity contribution is 0.0183. The SMILES string of the molecule is CCNc1nc(CCOCC(F)F)nc(C(C)C)c1Br. The number of rotatable bonds is 8. The zero-order valence-corrected chi connectivity index (χ0v) is 13.5. The first-order valence-corrected chi connectivity index (χ1v) is 7.41. The third kappa shape index (κ3) is 5.28. The number of hydrogen-bond acceptors (Lipinski definition) is 4. The molecule has 0 aliphatic heterocycles. The summed E-state index contributed by atoms with van der Waals surface area (Å²) < 4.78 is 29.7. The Balaban J connectivity index is 2.79. The number of aromatic nitrogens is 2. The molecular weight excluding hydrogens is 332 g/mol. The van der Waals surface area contributed by atoms with E-state index in [0.717, 1.165) is 22.5 Å². The van der Waals surface area contributed by atoms with Gasteiger partial charge in [-0.25, -0.2) is 18.7 Å². The molecule has 0 atom stereocenters. The first kappa shape index (κ1) is 17.2. The molecule has 0 amide bonds. The zero-order valence-electron chi connectivity index (χ0n) is 11.9. The Bertz CT molecular complexity index is 430. The minimum absolute atomic E-state index is 0.190. The van der Waals surface area contributed by atoms with Crippen molar-refractivity contribution in [1.82, 2.24) is 9.97 Å². The minimum atomic E-state index is -2.44. The van der Waals surface area contributed by atoms with Gasteiger partial charge >= 0.3 is 0 Å². The Kier molecular flexibility index (Phi) is 7.29. The highest BCUT2D eigenvalue weighted by molar-refractivity contribution is 9.10. The van der Waals surface area contributed by atoms with Gasteiger partial charge in [0.1, 0.15) is 18.2 Å². The smallest absolute Gasteiger partial charge is 0.261 e. The lowest BCUT2D eigenvalue weighted by Crippen LogP contribution is -2.12. The van der Waals surface area contributed by atoms with Crippen LogP contribution in [0.1, 0.15) is 38.2 Å². The Morgan fingerprint density at radius 1 is 1.30 bits per heavy atom. The van der Waals surface area contributed by atoms with Crippen LogP contribution in [0.15, 0.2) is 4.47 Å². The summed E-state index contributed by atoms with van der Waals surface area (Å²) in [5.74, 6) is 1.57. The van der Waals surface area contributed by atoms with Crippen molar-refractivity contribution < 1.29 is 13.5 Å². The standard InChI is InChI=1S/C13H20BrF2N3O/c1-4-17-13-11(14)12(8(2)3)18-10(19-13)5-6-20-7-9(15)16/h8-9H,4-7H2,1-3H3,(H,17,18,19). The fourth-order valence-electron chi connectivity index (χ4n) is 1.63. The second-order valence-corrected chi connectivity index (χ2v) is 5.38. The maximum Gasteiger partial charge on any atom is 0.261 e. The second kappa shape index (κ2) is 8.46. The van der Waals surface area contributed by atoms with Gasteiger partial charge in [0.2, 0.25) is 0 Å². The molecule has 1 heterocycles. The maximum absolute atomic E-state index is 12.0. The normalized spacial score (nSPS) is 11.4. The molecule has 20 heavy (non-hydrogen) atoms. The van der Waals surface area contributed by atoms with E-state index in [2.05, 4.69) is 31.2 Å². The molecule has 1 rings (SSSR count). The third-order valence-electron chi connectivity index (χ3n) is 2.53. The maximum atomic E-state index is 12.0. The van der Waals surface area contributed by atoms with E-state index in [4.69, 9.17) is 4.74 Å². The Morgan fingerprint density at radius 2 is 2.00 bits per heavy atom. The molecule has 114 valence electrons. The number of nitrogens with zero attached hydrogens (tertiary/aromatic N) is 2. The molecule has 4 nitrogen and oxygen atoms in total. The molecule has 0 saturated carbocycles. The van der Waals surface area contributed by atoms with Gasteiger partial charge in [0, 0.05) is 13.0 Å². The average Bonchev–Trinajstić information content (AvgIpc) is 2.37. The van der Waals surface area contributed by atoms with E-state index in [1.165, 1.54) is 0 Å². The lowest BCUT2D eigenvalue weighted by Gasteiger charge is -2.14. The van der Waals surface area contributed by atoms with Crippen LogP contribution < -0.4 is 5.32 Å². The van der Waals surface area contributed by atoms with Crippen LogP contribution in [0.3, 0.4) is 0 Å². The molecule has 7 heteroatoms. The first-order chi connectivity index (χ1) is 9.45. The van der Waals surface area contributed by atoms with E-state index in [-0.39, 0.29) is 12.5 Å². The van der Waals surface area contributed by atoms with E-state index in [9.17, 15) is 8.78 Å². The quantitative estimate of drug-likeness (QED) is 0.726. The number of hydrogen-bond donors (Lipinski definition) is 1. The summed E-state index contributed by atoms with van der Waals surface area (Å²) in [7, 11) is 0. The van der Waals surface area contributed by atoms with E-state index in [1.807, 2.05) is 20.8 Å². The van der Waals surface area contributed by atoms with Crippen LogP contribution in [0, 0.1) is 0 Å². The summed E-state index contributed by atoms with van der Waals surface area (Å²) in [6, 6.07) is 0. The Labute approximate surface area is 126 Å². The highest BCUT2D eigenvalue weighted by Crippen LogP contribution is 2.28. The largest absolute Gasteiger partial charge is 0.375 e. The molecule has 0 aliphatic rings. The molecule has 0 saturated heterocycles. The van der Waals surface area contributed by atoms with Gasteiger partial charge in [0.15, 0.2) is 0 Å². The van der Waals surface area contributed by atoms with Crippen molar-refractivity contribution >= 4 is 21.7 Å². The van der Waals surface area contributed by atoms with Crippen molar-refractivity contribution in [3.05, 3.63) is 16.0 Å². The van der Waals surface area contributed by atoms with Crippen molar-refractivity contribution in [3.63, 3.8) is 0 Å². The van der Waals surface area contributed by atoms with E-state index >= 15 is 0 Å². The van der Waals surface area contributed by atoms with Crippen molar-refractivity contribution in [2.45, 2.75) is 39.5 Å². The van der Waals surface area contributed by atoms with Crippen LogP contribution >= 0.6 is 15.9 Å². The molecule has 0 aromatic carbocycles. The van der Waals surface area contributed by atoms with Gasteiger partial charge in [-0.05, 0) is 28.8 Å². The fraction of sp³-hybridized carbons (Fsp3) is 0.692. The molecule has 1 aromatic rings. The van der Waals surface area contributed by atoms with Crippen molar-refractivity contribution in [2.75, 3.05) is 25.1 Å². The second-order valence-electron chi connectivity index (χ2n) is 4.59. The highest BCUT2D eigenvalue weighted by atomic mass is 79.9. The van der Waals surface area contributed by atoms with Crippen LogP contribution in [-0.4, -0.2) is 36.2 Å². The van der Waals surface area contributed by atoms with Crippen LogP contribution in [0.25, 0.3) is 0 Å². The van der Waals surface area contributed by atoms with Crippen LogP contribution in [0.5, 0.6) is 0 Å². The summed E-state index contributed by atoms with van der Waals surface area (Å²) in [5, 5.41) is 3.16. The van der Waals surface area contributed by atoms with Crippen molar-refractivity contribution in [2.24, 2.45) is 0 Å². The van der Waals surface area contributed by atoms with Gasteiger partial charge in [-0.3, -0.25) is 0 Å². The summed E-state index contributed by atoms with van der Waals surface area (Å²) in [4.78, 5) is 8.85. The number of ether oxygens (including phenoxy) is 1. The van der Waals surface area contributed by atoms with E-state index < -0.39 is 13.0 Å². The molecule has 1 aromatic heterocycles. The monoisotopic (exact) mass is 351 g/mol. The molecule has 1 N–H and O–H groups in total. The molecular formula is C13H20BrF2N3O. The summed E-state index contributed by atoms with van der Waals surface area (Å²) >= 11 is 3.50. The summed E-state index contributed by atoms with van der Waals surface area (Å²) in [6.07, 6.45) is -2.03. The number of anilines is 1. The molecule has 0 aliphatic carbocycles. The summed E-state index contributed by atoms with van der Waals surface area (Å²) in [6.45, 7) is 6.45.